The Kier molecular flexibility index (Phi) is 5.43. The maximum Gasteiger partial charge on any atom is 0.289 e. The Morgan fingerprint density at radius 2 is 1.92 bits per heavy atom. The molecule has 132 valence electrons. The summed E-state index contributed by atoms with van der Waals surface area (Å²) in [7, 11) is 0. The monoisotopic (exact) mass is 348 g/mol. The van der Waals surface area contributed by atoms with Crippen LogP contribution in [0.1, 0.15) is 28.5 Å². The Morgan fingerprint density at radius 3 is 2.62 bits per heavy atom. The van der Waals surface area contributed by atoms with Crippen molar-refractivity contribution in [2.75, 3.05) is 6.61 Å². The van der Waals surface area contributed by atoms with Crippen molar-refractivity contribution in [2.45, 2.75) is 13.8 Å². The third-order valence-electron chi connectivity index (χ3n) is 3.74. The number of H-pyrrole nitrogens is 1. The summed E-state index contributed by atoms with van der Waals surface area (Å²) in [5.41, 5.74) is 6.53. The second-order valence-corrected chi connectivity index (χ2v) is 5.73. The fraction of sp³-hybridized carbons (Fsp3) is 0.150. The topological polar surface area (TPSA) is 79.4 Å². The average molecular weight is 348 g/mol. The summed E-state index contributed by atoms with van der Waals surface area (Å²) in [6.45, 7) is 4.58. The van der Waals surface area contributed by atoms with Crippen LogP contribution in [-0.2, 0) is 0 Å². The number of hydrogen-bond acceptors (Lipinski definition) is 4. The van der Waals surface area contributed by atoms with Gasteiger partial charge in [-0.25, -0.2) is 5.43 Å². The van der Waals surface area contributed by atoms with Gasteiger partial charge in [-0.1, -0.05) is 29.8 Å². The zero-order valence-electron chi connectivity index (χ0n) is 14.7. The Bertz CT molecular complexity index is 896. The smallest absolute Gasteiger partial charge is 0.289 e. The number of carbonyl (C=O) groups excluding carboxylic acids is 1. The molecule has 1 amide bonds. The number of aromatic amines is 1. The number of amides is 1. The highest BCUT2D eigenvalue weighted by molar-refractivity contribution is 5.94. The second kappa shape index (κ2) is 8.11. The number of rotatable bonds is 6. The van der Waals surface area contributed by atoms with Crippen LogP contribution in [0.25, 0.3) is 11.3 Å². The number of nitrogens with one attached hydrogen (secondary N) is 2. The molecule has 26 heavy (non-hydrogen) atoms. The number of nitrogens with zero attached hydrogens (tertiary/aromatic N) is 2. The van der Waals surface area contributed by atoms with Crippen LogP contribution in [0.15, 0.2) is 59.7 Å². The van der Waals surface area contributed by atoms with Gasteiger partial charge in [-0.3, -0.25) is 9.89 Å². The van der Waals surface area contributed by atoms with Crippen molar-refractivity contribution in [1.82, 2.24) is 15.6 Å². The summed E-state index contributed by atoms with van der Waals surface area (Å²) >= 11 is 0. The molecule has 1 aromatic heterocycles. The molecule has 0 bridgehead atoms. The van der Waals surface area contributed by atoms with E-state index in [1.807, 2.05) is 62.4 Å². The van der Waals surface area contributed by atoms with Crippen molar-refractivity contribution < 1.29 is 9.53 Å². The Morgan fingerprint density at radius 1 is 1.19 bits per heavy atom. The molecule has 0 unspecified atom stereocenters. The second-order valence-electron chi connectivity index (χ2n) is 5.73. The largest absolute Gasteiger partial charge is 0.494 e. The molecule has 3 rings (SSSR count). The van der Waals surface area contributed by atoms with Gasteiger partial charge in [0.05, 0.1) is 18.5 Å². The quantitative estimate of drug-likeness (QED) is 0.528. The number of aryl methyl sites for hydroxylation is 1. The van der Waals surface area contributed by atoms with Gasteiger partial charge in [0.1, 0.15) is 11.4 Å². The van der Waals surface area contributed by atoms with E-state index in [1.54, 1.807) is 12.3 Å². The molecular formula is C20H20N4O2. The summed E-state index contributed by atoms with van der Waals surface area (Å²) in [6.07, 6.45) is 1.57. The van der Waals surface area contributed by atoms with E-state index in [4.69, 9.17) is 4.74 Å². The molecule has 0 spiro atoms. The van der Waals surface area contributed by atoms with Gasteiger partial charge in [-0.15, -0.1) is 0 Å². The van der Waals surface area contributed by atoms with Crippen LogP contribution in [0.5, 0.6) is 5.75 Å². The normalized spacial score (nSPS) is 10.8. The van der Waals surface area contributed by atoms with Crippen LogP contribution in [0.2, 0.25) is 0 Å². The number of carbonyl (C=O) groups is 1. The van der Waals surface area contributed by atoms with Gasteiger partial charge in [0.15, 0.2) is 0 Å². The first-order valence-corrected chi connectivity index (χ1v) is 8.34. The van der Waals surface area contributed by atoms with E-state index < -0.39 is 0 Å². The van der Waals surface area contributed by atoms with Crippen molar-refractivity contribution in [2.24, 2.45) is 5.10 Å². The van der Waals surface area contributed by atoms with E-state index in [9.17, 15) is 4.79 Å². The summed E-state index contributed by atoms with van der Waals surface area (Å²) in [5.74, 6) is 0.452. The molecule has 0 fully saturated rings. The third kappa shape index (κ3) is 4.36. The summed E-state index contributed by atoms with van der Waals surface area (Å²) in [5, 5.41) is 10.9. The van der Waals surface area contributed by atoms with Crippen LogP contribution >= 0.6 is 0 Å². The molecule has 2 N–H and O–H groups in total. The Hall–Kier alpha value is -3.41. The maximum absolute atomic E-state index is 12.2. The maximum atomic E-state index is 12.2. The van der Waals surface area contributed by atoms with Crippen molar-refractivity contribution in [3.8, 4) is 17.0 Å². The van der Waals surface area contributed by atoms with Gasteiger partial charge in [0, 0.05) is 5.56 Å². The first-order chi connectivity index (χ1) is 12.7. The van der Waals surface area contributed by atoms with Crippen molar-refractivity contribution in [3.05, 3.63) is 71.4 Å². The fourth-order valence-corrected chi connectivity index (χ4v) is 2.35. The SMILES string of the molecule is CCOc1ccc(C=NNC(=O)c2cc(-c3ccc(C)cc3)n[nH]2)cc1. The number of ether oxygens (including phenoxy) is 1. The van der Waals surface area contributed by atoms with Crippen molar-refractivity contribution in [1.29, 1.82) is 0 Å². The van der Waals surface area contributed by atoms with E-state index in [0.717, 1.165) is 16.9 Å². The van der Waals surface area contributed by atoms with Gasteiger partial charge in [0.2, 0.25) is 0 Å². The molecule has 6 nitrogen and oxygen atoms in total. The zero-order valence-corrected chi connectivity index (χ0v) is 14.7. The van der Waals surface area contributed by atoms with E-state index >= 15 is 0 Å². The molecule has 0 atom stereocenters. The predicted octanol–water partition coefficient (Wildman–Crippen LogP) is 3.55. The minimum atomic E-state index is -0.349. The zero-order chi connectivity index (χ0) is 18.4. The van der Waals surface area contributed by atoms with Crippen LogP contribution < -0.4 is 10.2 Å². The predicted molar refractivity (Wildman–Crippen MR) is 101 cm³/mol. The van der Waals surface area contributed by atoms with Gasteiger partial charge in [0.25, 0.3) is 5.91 Å². The van der Waals surface area contributed by atoms with Gasteiger partial charge < -0.3 is 4.74 Å². The average Bonchev–Trinajstić information content (AvgIpc) is 3.14. The fourth-order valence-electron chi connectivity index (χ4n) is 2.35. The van der Waals surface area contributed by atoms with Gasteiger partial charge in [-0.05, 0) is 49.7 Å². The molecular weight excluding hydrogens is 328 g/mol. The summed E-state index contributed by atoms with van der Waals surface area (Å²) < 4.78 is 5.38. The van der Waals surface area contributed by atoms with E-state index in [-0.39, 0.29) is 5.91 Å². The van der Waals surface area contributed by atoms with Crippen LogP contribution in [0.4, 0.5) is 0 Å². The lowest BCUT2D eigenvalue weighted by Gasteiger charge is -2.02. The van der Waals surface area contributed by atoms with Crippen LogP contribution in [-0.4, -0.2) is 28.9 Å². The molecule has 0 aliphatic rings. The summed E-state index contributed by atoms with van der Waals surface area (Å²) in [6, 6.07) is 17.1. The Balaban J connectivity index is 1.60. The lowest BCUT2D eigenvalue weighted by atomic mass is 10.1. The highest BCUT2D eigenvalue weighted by Gasteiger charge is 2.10. The van der Waals surface area contributed by atoms with Crippen LogP contribution in [0.3, 0.4) is 0 Å². The van der Waals surface area contributed by atoms with Crippen LogP contribution in [0, 0.1) is 6.92 Å². The third-order valence-corrected chi connectivity index (χ3v) is 3.74. The first kappa shape index (κ1) is 17.4. The Labute approximate surface area is 151 Å². The lowest BCUT2D eigenvalue weighted by molar-refractivity contribution is 0.0950. The molecule has 0 aliphatic heterocycles. The van der Waals surface area contributed by atoms with E-state index in [2.05, 4.69) is 20.7 Å². The molecule has 1 heterocycles. The number of aromatic nitrogens is 2. The molecule has 0 radical (unpaired) electrons. The minimum absolute atomic E-state index is 0.349. The first-order valence-electron chi connectivity index (χ1n) is 8.34. The van der Waals surface area contributed by atoms with Crippen molar-refractivity contribution in [3.63, 3.8) is 0 Å². The minimum Gasteiger partial charge on any atom is -0.494 e. The number of hydrogen-bond donors (Lipinski definition) is 2. The highest BCUT2D eigenvalue weighted by Crippen LogP contribution is 2.18. The van der Waals surface area contributed by atoms with Crippen molar-refractivity contribution >= 4 is 12.1 Å². The van der Waals surface area contributed by atoms with E-state index in [1.165, 1.54) is 5.56 Å². The molecule has 0 saturated heterocycles. The number of benzene rings is 2. The summed E-state index contributed by atoms with van der Waals surface area (Å²) in [4.78, 5) is 12.2. The van der Waals surface area contributed by atoms with Gasteiger partial charge in [-0.2, -0.15) is 10.2 Å². The lowest BCUT2D eigenvalue weighted by Crippen LogP contribution is -2.17. The van der Waals surface area contributed by atoms with E-state index in [0.29, 0.717) is 18.0 Å². The molecule has 2 aromatic carbocycles. The molecule has 0 aliphatic carbocycles. The molecule has 0 saturated carbocycles. The standard InChI is InChI=1S/C20H20N4O2/c1-3-26-17-10-6-15(7-11-17)13-21-24-20(25)19-12-18(22-23-19)16-8-4-14(2)5-9-16/h4-13H,3H2,1-2H3,(H,22,23)(H,24,25). The highest BCUT2D eigenvalue weighted by atomic mass is 16.5. The van der Waals surface area contributed by atoms with Gasteiger partial charge >= 0.3 is 0 Å². The molecule has 6 heteroatoms. The molecule has 3 aromatic rings. The number of hydrazone groups is 1.